The van der Waals surface area contributed by atoms with Crippen molar-refractivity contribution in [1.82, 2.24) is 9.97 Å². The van der Waals surface area contributed by atoms with Crippen LogP contribution < -0.4 is 0 Å². The van der Waals surface area contributed by atoms with E-state index in [-0.39, 0.29) is 16.8 Å². The minimum atomic E-state index is -0.433. The van der Waals surface area contributed by atoms with Crippen LogP contribution in [0.3, 0.4) is 0 Å². The minimum absolute atomic E-state index is 0.0123. The molecule has 0 radical (unpaired) electrons. The SMILES string of the molecule is CC12C[C@]13CCc1cnc(-c4ccccc4)nc1[C@@]3(C)C=C(C#N)C2=O. The van der Waals surface area contributed by atoms with Gasteiger partial charge in [0.1, 0.15) is 6.07 Å². The molecule has 2 aromatic rings. The lowest BCUT2D eigenvalue weighted by Crippen LogP contribution is -2.46. The Morgan fingerprint density at radius 3 is 2.69 bits per heavy atom. The van der Waals surface area contributed by atoms with E-state index < -0.39 is 10.8 Å². The lowest BCUT2D eigenvalue weighted by molar-refractivity contribution is -0.122. The average molecular weight is 341 g/mol. The molecular formula is C22H19N3O. The van der Waals surface area contributed by atoms with E-state index in [9.17, 15) is 10.1 Å². The van der Waals surface area contributed by atoms with Crippen molar-refractivity contribution in [2.45, 2.75) is 38.5 Å². The molecule has 0 aliphatic heterocycles. The molecule has 1 spiro atoms. The number of rotatable bonds is 1. The van der Waals surface area contributed by atoms with Crippen LogP contribution in [0.25, 0.3) is 11.4 Å². The van der Waals surface area contributed by atoms with E-state index in [0.717, 1.165) is 36.1 Å². The zero-order valence-corrected chi connectivity index (χ0v) is 14.9. The average Bonchev–Trinajstić information content (AvgIpc) is 3.31. The van der Waals surface area contributed by atoms with Crippen LogP contribution in [0.1, 0.15) is 37.9 Å². The van der Waals surface area contributed by atoms with Crippen LogP contribution in [-0.2, 0) is 16.6 Å². The molecule has 3 atom stereocenters. The zero-order valence-electron chi connectivity index (χ0n) is 14.9. The standard InChI is InChI=1S/C22H19N3O/c1-20-10-16(11-23)18(26)21(2)13-22(20,21)9-8-15-12-24-19(25-17(15)20)14-6-4-3-5-7-14/h3-7,10,12H,8-9,13H2,1-2H3/t20-,21?,22+/m1/s1. The maximum atomic E-state index is 12.8. The number of allylic oxidation sites excluding steroid dienone is 2. The number of hydrogen-bond acceptors (Lipinski definition) is 4. The summed E-state index contributed by atoms with van der Waals surface area (Å²) in [6.07, 6.45) is 6.49. The number of ketones is 1. The molecule has 26 heavy (non-hydrogen) atoms. The predicted molar refractivity (Wildman–Crippen MR) is 97.0 cm³/mol. The van der Waals surface area contributed by atoms with Crippen molar-refractivity contribution in [1.29, 1.82) is 5.26 Å². The molecule has 0 amide bonds. The van der Waals surface area contributed by atoms with Crippen molar-refractivity contribution in [3.63, 3.8) is 0 Å². The fraction of sp³-hybridized carbons (Fsp3) is 0.364. The van der Waals surface area contributed by atoms with E-state index in [0.29, 0.717) is 5.82 Å². The molecule has 4 nitrogen and oxygen atoms in total. The van der Waals surface area contributed by atoms with Gasteiger partial charge in [-0.3, -0.25) is 4.79 Å². The third-order valence-corrected chi connectivity index (χ3v) is 7.09. The lowest BCUT2D eigenvalue weighted by atomic mass is 9.57. The van der Waals surface area contributed by atoms with Gasteiger partial charge in [-0.2, -0.15) is 5.26 Å². The Hall–Kier alpha value is -2.80. The molecule has 4 heteroatoms. The number of carbonyl (C=O) groups excluding carboxylic acids is 1. The molecule has 0 N–H and O–H groups in total. The molecule has 5 rings (SSSR count). The van der Waals surface area contributed by atoms with Crippen LogP contribution in [0.15, 0.2) is 48.2 Å². The van der Waals surface area contributed by atoms with Crippen LogP contribution in [-0.4, -0.2) is 15.8 Å². The van der Waals surface area contributed by atoms with E-state index in [1.807, 2.05) is 49.5 Å². The highest BCUT2D eigenvalue weighted by atomic mass is 16.1. The Labute approximate surface area is 152 Å². The van der Waals surface area contributed by atoms with Crippen LogP contribution in [0.5, 0.6) is 0 Å². The highest BCUT2D eigenvalue weighted by Crippen LogP contribution is 2.78. The molecule has 1 saturated carbocycles. The monoisotopic (exact) mass is 341 g/mol. The summed E-state index contributed by atoms with van der Waals surface area (Å²) >= 11 is 0. The van der Waals surface area contributed by atoms with Crippen LogP contribution in [0, 0.1) is 22.2 Å². The van der Waals surface area contributed by atoms with E-state index in [2.05, 4.69) is 18.0 Å². The summed E-state index contributed by atoms with van der Waals surface area (Å²) in [7, 11) is 0. The molecule has 0 bridgehead atoms. The molecule has 1 aromatic carbocycles. The van der Waals surface area contributed by atoms with E-state index >= 15 is 0 Å². The summed E-state index contributed by atoms with van der Waals surface area (Å²) in [4.78, 5) is 22.3. The Balaban J connectivity index is 1.75. The van der Waals surface area contributed by atoms with Gasteiger partial charge in [0, 0.05) is 22.6 Å². The summed E-state index contributed by atoms with van der Waals surface area (Å²) in [5.41, 5.74) is 2.44. The number of fused-ring (bicyclic) bond motifs is 2. The predicted octanol–water partition coefficient (Wildman–Crippen LogP) is 3.78. The molecule has 3 aliphatic carbocycles. The molecule has 3 aliphatic rings. The Morgan fingerprint density at radius 2 is 1.96 bits per heavy atom. The number of Topliss-reactive ketones (excluding diaryl/α,β-unsaturated/α-hetero) is 1. The second kappa shape index (κ2) is 4.67. The van der Waals surface area contributed by atoms with Crippen molar-refractivity contribution in [3.8, 4) is 17.5 Å². The third kappa shape index (κ3) is 1.61. The normalized spacial score (nSPS) is 34.0. The summed E-state index contributed by atoms with van der Waals surface area (Å²) < 4.78 is 0. The summed E-state index contributed by atoms with van der Waals surface area (Å²) in [5.74, 6) is 0.715. The van der Waals surface area contributed by atoms with E-state index in [4.69, 9.17) is 4.98 Å². The molecule has 1 aromatic heterocycles. The molecule has 1 fully saturated rings. The fourth-order valence-corrected chi connectivity index (χ4v) is 5.52. The van der Waals surface area contributed by atoms with E-state index in [1.165, 1.54) is 0 Å². The van der Waals surface area contributed by atoms with Gasteiger partial charge >= 0.3 is 0 Å². The van der Waals surface area contributed by atoms with Crippen LogP contribution >= 0.6 is 0 Å². The van der Waals surface area contributed by atoms with Gasteiger partial charge in [-0.25, -0.2) is 9.97 Å². The second-order valence-electron chi connectivity index (χ2n) is 8.23. The number of nitrogens with zero attached hydrogens (tertiary/aromatic N) is 3. The molecule has 1 unspecified atom stereocenters. The molecule has 1 heterocycles. The van der Waals surface area contributed by atoms with E-state index in [1.54, 1.807) is 0 Å². The van der Waals surface area contributed by atoms with Crippen LogP contribution in [0.2, 0.25) is 0 Å². The highest BCUT2D eigenvalue weighted by molar-refractivity contribution is 6.07. The first kappa shape index (κ1) is 15.5. The zero-order chi connectivity index (χ0) is 18.2. The van der Waals surface area contributed by atoms with Crippen molar-refractivity contribution in [2.24, 2.45) is 10.8 Å². The first-order chi connectivity index (χ1) is 12.5. The van der Waals surface area contributed by atoms with Crippen molar-refractivity contribution >= 4 is 5.78 Å². The quantitative estimate of drug-likeness (QED) is 0.792. The van der Waals surface area contributed by atoms with Gasteiger partial charge in [0.05, 0.1) is 11.3 Å². The second-order valence-corrected chi connectivity index (χ2v) is 8.23. The smallest absolute Gasteiger partial charge is 0.179 e. The first-order valence-corrected chi connectivity index (χ1v) is 9.05. The van der Waals surface area contributed by atoms with Crippen molar-refractivity contribution in [3.05, 3.63) is 59.4 Å². The third-order valence-electron chi connectivity index (χ3n) is 7.09. The summed E-state index contributed by atoms with van der Waals surface area (Å²) in [6.45, 7) is 4.18. The van der Waals surface area contributed by atoms with Gasteiger partial charge in [0.15, 0.2) is 11.6 Å². The van der Waals surface area contributed by atoms with Crippen LogP contribution in [0.4, 0.5) is 0 Å². The number of aryl methyl sites for hydroxylation is 1. The van der Waals surface area contributed by atoms with Gasteiger partial charge in [0.2, 0.25) is 0 Å². The number of hydrogen-bond donors (Lipinski definition) is 0. The lowest BCUT2D eigenvalue weighted by Gasteiger charge is -2.45. The first-order valence-electron chi connectivity index (χ1n) is 9.05. The van der Waals surface area contributed by atoms with Crippen molar-refractivity contribution < 1.29 is 4.79 Å². The van der Waals surface area contributed by atoms with Crippen molar-refractivity contribution in [2.75, 3.05) is 0 Å². The van der Waals surface area contributed by atoms with Gasteiger partial charge in [-0.1, -0.05) is 43.3 Å². The highest BCUT2D eigenvalue weighted by Gasteiger charge is 2.78. The fourth-order valence-electron chi connectivity index (χ4n) is 5.52. The summed E-state index contributed by atoms with van der Waals surface area (Å²) in [6, 6.07) is 12.1. The molecule has 0 saturated heterocycles. The maximum Gasteiger partial charge on any atom is 0.179 e. The van der Waals surface area contributed by atoms with Gasteiger partial charge in [-0.15, -0.1) is 0 Å². The number of aromatic nitrogens is 2. The summed E-state index contributed by atoms with van der Waals surface area (Å²) in [5, 5.41) is 9.52. The molecule has 128 valence electrons. The number of nitriles is 1. The Morgan fingerprint density at radius 1 is 1.19 bits per heavy atom. The topological polar surface area (TPSA) is 66.6 Å². The van der Waals surface area contributed by atoms with Gasteiger partial charge in [0.25, 0.3) is 0 Å². The largest absolute Gasteiger partial charge is 0.293 e. The maximum absolute atomic E-state index is 12.8. The van der Waals surface area contributed by atoms with Gasteiger partial charge < -0.3 is 0 Å². The van der Waals surface area contributed by atoms with Gasteiger partial charge in [-0.05, 0) is 37.2 Å². The molecular weight excluding hydrogens is 322 g/mol. The Bertz CT molecular complexity index is 1040. The number of carbonyl (C=O) groups is 1. The Kier molecular flexibility index (Phi) is 2.78. The number of benzene rings is 1. The minimum Gasteiger partial charge on any atom is -0.293 e.